The lowest BCUT2D eigenvalue weighted by Crippen LogP contribution is -1.82. The quantitative estimate of drug-likeness (QED) is 0.634. The summed E-state index contributed by atoms with van der Waals surface area (Å²) in [6.45, 7) is 0. The molecule has 0 aliphatic rings. The predicted octanol–water partition coefficient (Wildman–Crippen LogP) is 5.48. The third-order valence-electron chi connectivity index (χ3n) is 2.34. The highest BCUT2D eigenvalue weighted by molar-refractivity contribution is 6.44. The van der Waals surface area contributed by atoms with Gasteiger partial charge in [0.1, 0.15) is 4.84 Å². The second-order valence-electron chi connectivity index (χ2n) is 3.43. The monoisotopic (exact) mass is 270 g/mol. The molecule has 0 saturated carbocycles. The second-order valence-corrected chi connectivity index (χ2v) is 4.96. The smallest absolute Gasteiger partial charge is 0.100 e. The molecule has 16 heavy (non-hydrogen) atoms. The van der Waals surface area contributed by atoms with Gasteiger partial charge in [-0.2, -0.15) is 0 Å². The zero-order valence-electron chi connectivity index (χ0n) is 8.33. The Bertz CT molecular complexity index is 458. The third kappa shape index (κ3) is 2.70. The fourth-order valence-electron chi connectivity index (χ4n) is 1.46. The molecule has 3 heteroatoms. The summed E-state index contributed by atoms with van der Waals surface area (Å²) in [5.41, 5.74) is 3.15. The molecule has 0 atom stereocenters. The summed E-state index contributed by atoms with van der Waals surface area (Å²) in [5.74, 6) is 0. The van der Waals surface area contributed by atoms with Crippen molar-refractivity contribution in [3.8, 4) is 11.1 Å². The molecular weight excluding hydrogens is 263 g/mol. The molecule has 0 N–H and O–H groups in total. The summed E-state index contributed by atoms with van der Waals surface area (Å²) in [4.78, 5) is -0.473. The topological polar surface area (TPSA) is 0 Å². The van der Waals surface area contributed by atoms with Crippen LogP contribution in [0.2, 0.25) is 5.02 Å². The van der Waals surface area contributed by atoms with E-state index in [2.05, 4.69) is 0 Å². The van der Waals surface area contributed by atoms with E-state index in [1.165, 1.54) is 0 Å². The van der Waals surface area contributed by atoms with Crippen LogP contribution in [-0.4, -0.2) is 0 Å². The Labute approximate surface area is 110 Å². The van der Waals surface area contributed by atoms with Crippen molar-refractivity contribution >= 4 is 34.8 Å². The molecule has 0 aromatic heterocycles. The number of hydrogen-bond donors (Lipinski definition) is 0. The lowest BCUT2D eigenvalue weighted by Gasteiger charge is -2.05. The lowest BCUT2D eigenvalue weighted by atomic mass is 10.0. The fraction of sp³-hybridized carbons (Fsp3) is 0.0769. The number of alkyl halides is 2. The predicted molar refractivity (Wildman–Crippen MR) is 71.3 cm³/mol. The first kappa shape index (κ1) is 11.8. The molecule has 0 unspecified atom stereocenters. The van der Waals surface area contributed by atoms with Gasteiger partial charge >= 0.3 is 0 Å². The van der Waals surface area contributed by atoms with E-state index in [0.29, 0.717) is 0 Å². The minimum absolute atomic E-state index is 0.473. The van der Waals surface area contributed by atoms with E-state index in [1.807, 2.05) is 48.5 Å². The van der Waals surface area contributed by atoms with Gasteiger partial charge in [-0.1, -0.05) is 48.0 Å². The van der Waals surface area contributed by atoms with Crippen LogP contribution < -0.4 is 0 Å². The van der Waals surface area contributed by atoms with Crippen LogP contribution in [0, 0.1) is 0 Å². The van der Waals surface area contributed by atoms with Gasteiger partial charge in [-0.25, -0.2) is 0 Å². The molecule has 0 saturated heterocycles. The molecule has 2 rings (SSSR count). The lowest BCUT2D eigenvalue weighted by molar-refractivity contribution is 1.35. The fourth-order valence-corrected chi connectivity index (χ4v) is 1.88. The molecule has 0 spiro atoms. The summed E-state index contributed by atoms with van der Waals surface area (Å²) in [5, 5.41) is 0.738. The van der Waals surface area contributed by atoms with Crippen molar-refractivity contribution < 1.29 is 0 Å². The third-order valence-corrected chi connectivity index (χ3v) is 3.10. The largest absolute Gasteiger partial charge is 0.132 e. The van der Waals surface area contributed by atoms with E-state index in [0.717, 1.165) is 21.7 Å². The highest BCUT2D eigenvalue weighted by Crippen LogP contribution is 2.27. The van der Waals surface area contributed by atoms with Gasteiger partial charge in [0.05, 0.1) is 0 Å². The van der Waals surface area contributed by atoms with Gasteiger partial charge in [-0.15, -0.1) is 23.2 Å². The van der Waals surface area contributed by atoms with E-state index >= 15 is 0 Å². The summed E-state index contributed by atoms with van der Waals surface area (Å²) in [6.07, 6.45) is 0. The summed E-state index contributed by atoms with van der Waals surface area (Å²) < 4.78 is 0. The van der Waals surface area contributed by atoms with Crippen LogP contribution >= 0.6 is 34.8 Å². The first-order chi connectivity index (χ1) is 7.66. The van der Waals surface area contributed by atoms with E-state index in [9.17, 15) is 0 Å². The minimum Gasteiger partial charge on any atom is -0.100 e. The molecule has 0 amide bonds. The van der Waals surface area contributed by atoms with Crippen LogP contribution in [0.25, 0.3) is 11.1 Å². The van der Waals surface area contributed by atoms with Crippen LogP contribution in [0.5, 0.6) is 0 Å². The van der Waals surface area contributed by atoms with Gasteiger partial charge in [0.25, 0.3) is 0 Å². The first-order valence-electron chi connectivity index (χ1n) is 4.81. The van der Waals surface area contributed by atoms with E-state index in [-0.39, 0.29) is 0 Å². The van der Waals surface area contributed by atoms with Crippen LogP contribution in [0.3, 0.4) is 0 Å². The number of rotatable bonds is 2. The Balaban J connectivity index is 2.31. The summed E-state index contributed by atoms with van der Waals surface area (Å²) >= 11 is 17.4. The molecule has 0 fully saturated rings. The van der Waals surface area contributed by atoms with Gasteiger partial charge in [0.2, 0.25) is 0 Å². The van der Waals surface area contributed by atoms with Crippen LogP contribution in [0.1, 0.15) is 10.4 Å². The van der Waals surface area contributed by atoms with Crippen LogP contribution in [-0.2, 0) is 0 Å². The summed E-state index contributed by atoms with van der Waals surface area (Å²) in [6, 6.07) is 15.6. The molecule has 0 bridgehead atoms. The Morgan fingerprint density at radius 2 is 1.12 bits per heavy atom. The normalized spacial score (nSPS) is 10.8. The maximum absolute atomic E-state index is 5.83. The standard InChI is InChI=1S/C13H9Cl3/c14-12-7-5-10(6-8-12)9-1-3-11(4-2-9)13(15)16/h1-8,13H. The van der Waals surface area contributed by atoms with Gasteiger partial charge in [-0.3, -0.25) is 0 Å². The number of benzene rings is 2. The van der Waals surface area contributed by atoms with Crippen molar-refractivity contribution in [3.63, 3.8) is 0 Å². The van der Waals surface area contributed by atoms with Crippen molar-refractivity contribution in [3.05, 3.63) is 59.1 Å². The zero-order valence-corrected chi connectivity index (χ0v) is 10.6. The molecule has 0 aliphatic heterocycles. The van der Waals surface area contributed by atoms with Crippen LogP contribution in [0.4, 0.5) is 0 Å². The van der Waals surface area contributed by atoms with E-state index in [1.54, 1.807) is 0 Å². The van der Waals surface area contributed by atoms with Gasteiger partial charge < -0.3 is 0 Å². The maximum atomic E-state index is 5.83. The molecule has 0 aliphatic carbocycles. The molecule has 0 radical (unpaired) electrons. The molecule has 0 heterocycles. The molecule has 2 aromatic carbocycles. The SMILES string of the molecule is Clc1ccc(-c2ccc(C(Cl)Cl)cc2)cc1. The minimum atomic E-state index is -0.473. The molecular formula is C13H9Cl3. The van der Waals surface area contributed by atoms with E-state index in [4.69, 9.17) is 34.8 Å². The maximum Gasteiger partial charge on any atom is 0.132 e. The molecule has 82 valence electrons. The highest BCUT2D eigenvalue weighted by Gasteiger charge is 2.03. The molecule has 0 nitrogen and oxygen atoms in total. The average Bonchev–Trinajstić information content (AvgIpc) is 2.30. The number of hydrogen-bond acceptors (Lipinski definition) is 0. The van der Waals surface area contributed by atoms with Crippen LogP contribution in [0.15, 0.2) is 48.5 Å². The first-order valence-corrected chi connectivity index (χ1v) is 6.06. The van der Waals surface area contributed by atoms with Crippen molar-refractivity contribution in [2.75, 3.05) is 0 Å². The Morgan fingerprint density at radius 1 is 0.688 bits per heavy atom. The summed E-state index contributed by atoms with van der Waals surface area (Å²) in [7, 11) is 0. The number of halogens is 3. The van der Waals surface area contributed by atoms with E-state index < -0.39 is 4.84 Å². The highest BCUT2D eigenvalue weighted by atomic mass is 35.5. The van der Waals surface area contributed by atoms with Crippen molar-refractivity contribution in [2.45, 2.75) is 4.84 Å². The van der Waals surface area contributed by atoms with Gasteiger partial charge in [0, 0.05) is 5.02 Å². The Kier molecular flexibility index (Phi) is 3.75. The Hall–Kier alpha value is -0.690. The zero-order chi connectivity index (χ0) is 11.5. The molecule has 2 aromatic rings. The van der Waals surface area contributed by atoms with Crippen molar-refractivity contribution in [1.82, 2.24) is 0 Å². The van der Waals surface area contributed by atoms with Gasteiger partial charge in [-0.05, 0) is 28.8 Å². The second kappa shape index (κ2) is 5.09. The Morgan fingerprint density at radius 3 is 1.56 bits per heavy atom. The van der Waals surface area contributed by atoms with Crippen molar-refractivity contribution in [1.29, 1.82) is 0 Å². The van der Waals surface area contributed by atoms with Crippen molar-refractivity contribution in [2.24, 2.45) is 0 Å². The van der Waals surface area contributed by atoms with Gasteiger partial charge in [0.15, 0.2) is 0 Å². The average molecular weight is 272 g/mol.